The van der Waals surface area contributed by atoms with Crippen LogP contribution in [0.4, 0.5) is 0 Å². The molecule has 0 saturated carbocycles. The van der Waals surface area contributed by atoms with Crippen LogP contribution in [0.25, 0.3) is 22.2 Å². The molecule has 0 amide bonds. The minimum Gasteiger partial charge on any atom is -0.868 e. The molecule has 4 rings (SSSR count). The van der Waals surface area contributed by atoms with Crippen LogP contribution in [0.15, 0.2) is 97.1 Å². The summed E-state index contributed by atoms with van der Waals surface area (Å²) in [5.41, 5.74) is 4.29. The van der Waals surface area contributed by atoms with Crippen molar-refractivity contribution in [3.05, 3.63) is 114 Å². The highest BCUT2D eigenvalue weighted by atomic mass is 16.3. The molecule has 0 radical (unpaired) electrons. The van der Waals surface area contributed by atoms with Crippen LogP contribution < -0.4 is 9.67 Å². The largest absolute Gasteiger partial charge is 0.868 e. The summed E-state index contributed by atoms with van der Waals surface area (Å²) in [5, 5.41) is 14.7. The van der Waals surface area contributed by atoms with Gasteiger partial charge < -0.3 is 5.11 Å². The number of benzene rings is 3. The topological polar surface area (TPSA) is 26.9 Å². The lowest BCUT2D eigenvalue weighted by Crippen LogP contribution is -2.36. The van der Waals surface area contributed by atoms with Gasteiger partial charge in [-0.3, -0.25) is 0 Å². The zero-order chi connectivity index (χ0) is 17.9. The van der Waals surface area contributed by atoms with Crippen LogP contribution in [0.2, 0.25) is 0 Å². The van der Waals surface area contributed by atoms with Crippen molar-refractivity contribution in [2.45, 2.75) is 0 Å². The number of hydrogen-bond acceptors (Lipinski definition) is 1. The van der Waals surface area contributed by atoms with Crippen LogP contribution in [0, 0.1) is 0 Å². The van der Waals surface area contributed by atoms with Crippen molar-refractivity contribution in [2.24, 2.45) is 7.05 Å². The predicted octanol–water partition coefficient (Wildman–Crippen LogP) is 3.94. The first-order chi connectivity index (χ1) is 12.8. The number of fused-ring (bicyclic) bond motifs is 1. The minimum absolute atomic E-state index is 0.0238. The maximum absolute atomic E-state index is 13.6. The Balaban J connectivity index is 2.00. The average Bonchev–Trinajstić information content (AvgIpc) is 2.70. The third-order valence-electron chi connectivity index (χ3n) is 4.66. The van der Waals surface area contributed by atoms with E-state index in [-0.39, 0.29) is 5.76 Å². The van der Waals surface area contributed by atoms with Gasteiger partial charge in [-0.05, 0) is 34.6 Å². The Bertz CT molecular complexity index is 1040. The van der Waals surface area contributed by atoms with Crippen LogP contribution in [0.1, 0.15) is 16.8 Å². The molecule has 0 aliphatic carbocycles. The van der Waals surface area contributed by atoms with Gasteiger partial charge >= 0.3 is 0 Å². The van der Waals surface area contributed by atoms with Crippen LogP contribution in [-0.2, 0) is 7.05 Å². The summed E-state index contributed by atoms with van der Waals surface area (Å²) in [6.07, 6.45) is 0. The van der Waals surface area contributed by atoms with Gasteiger partial charge in [0.2, 0.25) is 5.52 Å². The number of hydrogen-bond donors (Lipinski definition) is 0. The molecule has 0 aliphatic heterocycles. The summed E-state index contributed by atoms with van der Waals surface area (Å²) in [6.45, 7) is 0. The minimum atomic E-state index is 0.0238. The third kappa shape index (κ3) is 2.86. The van der Waals surface area contributed by atoms with E-state index in [9.17, 15) is 5.11 Å². The molecule has 0 N–H and O–H groups in total. The lowest BCUT2D eigenvalue weighted by molar-refractivity contribution is -0.650. The van der Waals surface area contributed by atoms with E-state index in [0.717, 1.165) is 27.6 Å². The normalized spacial score (nSPS) is 10.7. The summed E-state index contributed by atoms with van der Waals surface area (Å²) < 4.78 is 1.98. The number of rotatable bonds is 3. The first kappa shape index (κ1) is 16.1. The summed E-state index contributed by atoms with van der Waals surface area (Å²) in [4.78, 5) is 0. The monoisotopic (exact) mass is 337 g/mol. The molecule has 126 valence electrons. The molecule has 2 nitrogen and oxygen atoms in total. The molecule has 0 spiro atoms. The number of pyridine rings is 1. The van der Waals surface area contributed by atoms with Crippen LogP contribution in [-0.4, -0.2) is 0 Å². The van der Waals surface area contributed by atoms with Gasteiger partial charge in [-0.25, -0.2) is 0 Å². The molecule has 1 aromatic heterocycles. The predicted molar refractivity (Wildman–Crippen MR) is 104 cm³/mol. The smallest absolute Gasteiger partial charge is 0.212 e. The standard InChI is InChI=1S/C24H19NO/c1-25-21-15-9-8-10-18(21)16-17-22(25)24(26)23(19-11-4-2-5-12-19)20-13-6-3-7-14-20/h2-17H,1H3. The van der Waals surface area contributed by atoms with Crippen LogP contribution in [0.3, 0.4) is 0 Å². The molecule has 0 bridgehead atoms. The lowest BCUT2D eigenvalue weighted by atomic mass is 9.95. The van der Waals surface area contributed by atoms with E-state index >= 15 is 0 Å². The van der Waals surface area contributed by atoms with Gasteiger partial charge in [0.05, 0.1) is 0 Å². The Kier molecular flexibility index (Phi) is 4.24. The number of nitrogens with zero attached hydrogens (tertiary/aromatic N) is 1. The molecule has 1 heterocycles. The molecular weight excluding hydrogens is 318 g/mol. The van der Waals surface area contributed by atoms with Gasteiger partial charge in [0, 0.05) is 17.5 Å². The van der Waals surface area contributed by atoms with E-state index < -0.39 is 0 Å². The number of aromatic nitrogens is 1. The summed E-state index contributed by atoms with van der Waals surface area (Å²) in [5.74, 6) is 0.0238. The highest BCUT2D eigenvalue weighted by molar-refractivity contribution is 5.94. The Labute approximate surface area is 153 Å². The maximum Gasteiger partial charge on any atom is 0.212 e. The number of aryl methyl sites for hydroxylation is 1. The maximum atomic E-state index is 13.6. The third-order valence-corrected chi connectivity index (χ3v) is 4.66. The van der Waals surface area contributed by atoms with Gasteiger partial charge in [-0.15, -0.1) is 0 Å². The van der Waals surface area contributed by atoms with E-state index in [1.807, 2.05) is 103 Å². The van der Waals surface area contributed by atoms with E-state index in [2.05, 4.69) is 6.07 Å². The molecule has 0 atom stereocenters. The second-order valence-electron chi connectivity index (χ2n) is 6.27. The highest BCUT2D eigenvalue weighted by Crippen LogP contribution is 2.28. The van der Waals surface area contributed by atoms with Gasteiger partial charge in [-0.2, -0.15) is 4.57 Å². The summed E-state index contributed by atoms with van der Waals surface area (Å²) in [6, 6.07) is 31.8. The molecule has 4 aromatic rings. The zero-order valence-corrected chi connectivity index (χ0v) is 14.6. The van der Waals surface area contributed by atoms with Crippen molar-refractivity contribution in [1.29, 1.82) is 0 Å². The molecule has 0 fully saturated rings. The summed E-state index contributed by atoms with van der Waals surface area (Å²) >= 11 is 0. The zero-order valence-electron chi connectivity index (χ0n) is 14.6. The first-order valence-electron chi connectivity index (χ1n) is 8.66. The van der Waals surface area contributed by atoms with Crippen molar-refractivity contribution >= 4 is 22.2 Å². The SMILES string of the molecule is C[n+]1c(C([O-])=C(c2ccccc2)c2ccccc2)ccc2ccccc21. The molecule has 26 heavy (non-hydrogen) atoms. The fourth-order valence-electron chi connectivity index (χ4n) is 3.34. The molecular formula is C24H19NO. The number of para-hydroxylation sites is 1. The fourth-order valence-corrected chi connectivity index (χ4v) is 3.34. The van der Waals surface area contributed by atoms with Gasteiger partial charge in [0.1, 0.15) is 7.05 Å². The molecule has 3 aromatic carbocycles. The van der Waals surface area contributed by atoms with E-state index in [4.69, 9.17) is 0 Å². The second kappa shape index (κ2) is 6.85. The van der Waals surface area contributed by atoms with Crippen molar-refractivity contribution in [3.63, 3.8) is 0 Å². The van der Waals surface area contributed by atoms with Crippen molar-refractivity contribution < 1.29 is 9.67 Å². The Morgan fingerprint density at radius 2 is 1.19 bits per heavy atom. The van der Waals surface area contributed by atoms with E-state index in [1.54, 1.807) is 0 Å². The molecule has 0 aliphatic rings. The van der Waals surface area contributed by atoms with Gasteiger partial charge in [0.15, 0.2) is 5.69 Å². The average molecular weight is 337 g/mol. The van der Waals surface area contributed by atoms with Gasteiger partial charge in [-0.1, -0.05) is 72.8 Å². The van der Waals surface area contributed by atoms with Gasteiger partial charge in [0.25, 0.3) is 0 Å². The Morgan fingerprint density at radius 3 is 1.81 bits per heavy atom. The molecule has 2 heteroatoms. The van der Waals surface area contributed by atoms with Crippen LogP contribution in [0.5, 0.6) is 0 Å². The highest BCUT2D eigenvalue weighted by Gasteiger charge is 2.15. The van der Waals surface area contributed by atoms with Crippen molar-refractivity contribution in [2.75, 3.05) is 0 Å². The van der Waals surface area contributed by atoms with E-state index in [1.165, 1.54) is 0 Å². The van der Waals surface area contributed by atoms with Crippen molar-refractivity contribution in [1.82, 2.24) is 0 Å². The first-order valence-corrected chi connectivity index (χ1v) is 8.66. The molecule has 0 saturated heterocycles. The fraction of sp³-hybridized carbons (Fsp3) is 0.0417. The second-order valence-corrected chi connectivity index (χ2v) is 6.27. The molecule has 0 unspecified atom stereocenters. The van der Waals surface area contributed by atoms with Crippen molar-refractivity contribution in [3.8, 4) is 0 Å². The lowest BCUT2D eigenvalue weighted by Gasteiger charge is -2.19. The Morgan fingerprint density at radius 1 is 0.654 bits per heavy atom. The summed E-state index contributed by atoms with van der Waals surface area (Å²) in [7, 11) is 1.95. The quantitative estimate of drug-likeness (QED) is 0.411. The van der Waals surface area contributed by atoms with Crippen LogP contribution >= 0.6 is 0 Å². The van der Waals surface area contributed by atoms with E-state index in [0.29, 0.717) is 5.69 Å². The Hall–Kier alpha value is -3.39.